The average Bonchev–Trinajstić information content (AvgIpc) is 2.86. The Kier molecular flexibility index (Phi) is 4.67. The summed E-state index contributed by atoms with van der Waals surface area (Å²) >= 11 is 1.59. The Morgan fingerprint density at radius 1 is 1.08 bits per heavy atom. The second kappa shape index (κ2) is 6.73. The number of carbonyl (C=O) groups is 1. The predicted molar refractivity (Wildman–Crippen MR) is 101 cm³/mol. The van der Waals surface area contributed by atoms with Crippen molar-refractivity contribution in [2.45, 2.75) is 40.7 Å². The van der Waals surface area contributed by atoms with Crippen molar-refractivity contribution >= 4 is 27.5 Å². The molecular formula is C20H22N2OS. The molecule has 1 heterocycles. The van der Waals surface area contributed by atoms with E-state index in [0.717, 1.165) is 34.4 Å². The number of aromatic nitrogens is 1. The second-order valence-corrected chi connectivity index (χ2v) is 7.25. The molecule has 24 heavy (non-hydrogen) atoms. The quantitative estimate of drug-likeness (QED) is 0.677. The third-order valence-electron chi connectivity index (χ3n) is 4.11. The van der Waals surface area contributed by atoms with Gasteiger partial charge >= 0.3 is 0 Å². The molecule has 0 aliphatic rings. The number of benzene rings is 2. The first-order valence-electron chi connectivity index (χ1n) is 8.26. The van der Waals surface area contributed by atoms with Gasteiger partial charge in [0.05, 0.1) is 10.2 Å². The Morgan fingerprint density at radius 3 is 2.54 bits per heavy atom. The van der Waals surface area contributed by atoms with Gasteiger partial charge in [0.1, 0.15) is 0 Å². The van der Waals surface area contributed by atoms with Gasteiger partial charge in [-0.25, -0.2) is 0 Å². The molecule has 0 saturated heterocycles. The third-order valence-corrected chi connectivity index (χ3v) is 5.15. The van der Waals surface area contributed by atoms with Crippen LogP contribution in [0.25, 0.3) is 10.2 Å². The van der Waals surface area contributed by atoms with Crippen molar-refractivity contribution in [3.63, 3.8) is 0 Å². The third kappa shape index (κ3) is 3.20. The molecule has 3 nitrogen and oxygen atoms in total. The number of nitrogens with zero attached hydrogens (tertiary/aromatic N) is 2. The molecule has 0 radical (unpaired) electrons. The van der Waals surface area contributed by atoms with Gasteiger partial charge in [0.25, 0.3) is 5.91 Å². The molecule has 124 valence electrons. The van der Waals surface area contributed by atoms with Crippen molar-refractivity contribution in [1.82, 2.24) is 4.57 Å². The van der Waals surface area contributed by atoms with E-state index >= 15 is 0 Å². The fourth-order valence-electron chi connectivity index (χ4n) is 2.82. The summed E-state index contributed by atoms with van der Waals surface area (Å²) in [4.78, 5) is 18.0. The van der Waals surface area contributed by atoms with Gasteiger partial charge in [0, 0.05) is 12.1 Å². The van der Waals surface area contributed by atoms with Crippen molar-refractivity contribution in [3.8, 4) is 0 Å². The molecule has 1 amide bonds. The molecule has 0 atom stereocenters. The smallest absolute Gasteiger partial charge is 0.279 e. The summed E-state index contributed by atoms with van der Waals surface area (Å²) < 4.78 is 3.33. The van der Waals surface area contributed by atoms with E-state index in [1.54, 1.807) is 11.3 Å². The lowest BCUT2D eigenvalue weighted by atomic mass is 10.1. The SMILES string of the molecule is CCCn1c(=NC(=O)c2cc(C)ccc2C)sc2cc(C)ccc21. The summed E-state index contributed by atoms with van der Waals surface area (Å²) in [5, 5.41) is 0. The van der Waals surface area contributed by atoms with Crippen molar-refractivity contribution < 1.29 is 4.79 Å². The molecular weight excluding hydrogens is 316 g/mol. The zero-order valence-electron chi connectivity index (χ0n) is 14.6. The van der Waals surface area contributed by atoms with E-state index in [4.69, 9.17) is 0 Å². The number of amides is 1. The van der Waals surface area contributed by atoms with E-state index in [9.17, 15) is 4.79 Å². The van der Waals surface area contributed by atoms with Gasteiger partial charge in [-0.3, -0.25) is 4.79 Å². The van der Waals surface area contributed by atoms with Gasteiger partial charge in [-0.2, -0.15) is 4.99 Å². The highest BCUT2D eigenvalue weighted by molar-refractivity contribution is 7.16. The lowest BCUT2D eigenvalue weighted by molar-refractivity contribution is 0.0997. The monoisotopic (exact) mass is 338 g/mol. The van der Waals surface area contributed by atoms with Crippen LogP contribution in [0.1, 0.15) is 40.4 Å². The van der Waals surface area contributed by atoms with E-state index in [0.29, 0.717) is 5.56 Å². The van der Waals surface area contributed by atoms with E-state index in [1.165, 1.54) is 10.3 Å². The minimum absolute atomic E-state index is 0.163. The summed E-state index contributed by atoms with van der Waals surface area (Å²) in [6.45, 7) is 9.04. The Morgan fingerprint density at radius 2 is 1.79 bits per heavy atom. The number of thiazole rings is 1. The first kappa shape index (κ1) is 16.7. The highest BCUT2D eigenvalue weighted by Crippen LogP contribution is 2.19. The minimum Gasteiger partial charge on any atom is -0.316 e. The van der Waals surface area contributed by atoms with Gasteiger partial charge < -0.3 is 4.57 Å². The molecule has 3 aromatic rings. The van der Waals surface area contributed by atoms with Crippen molar-refractivity contribution in [3.05, 3.63) is 63.5 Å². The Hall–Kier alpha value is -2.20. The topological polar surface area (TPSA) is 34.4 Å². The Balaban J connectivity index is 2.16. The highest BCUT2D eigenvalue weighted by atomic mass is 32.1. The van der Waals surface area contributed by atoms with Gasteiger partial charge in [-0.15, -0.1) is 0 Å². The predicted octanol–water partition coefficient (Wildman–Crippen LogP) is 4.78. The van der Waals surface area contributed by atoms with Crippen molar-refractivity contribution in [1.29, 1.82) is 0 Å². The molecule has 4 heteroatoms. The van der Waals surface area contributed by atoms with E-state index in [-0.39, 0.29) is 5.91 Å². The van der Waals surface area contributed by atoms with E-state index in [2.05, 4.69) is 41.6 Å². The molecule has 0 saturated carbocycles. The van der Waals surface area contributed by atoms with Gasteiger partial charge in [-0.05, 0) is 56.5 Å². The minimum atomic E-state index is -0.163. The number of hydrogen-bond donors (Lipinski definition) is 0. The maximum absolute atomic E-state index is 12.7. The van der Waals surface area contributed by atoms with Crippen LogP contribution in [0.4, 0.5) is 0 Å². The van der Waals surface area contributed by atoms with Crippen LogP contribution in [0.15, 0.2) is 41.4 Å². The molecule has 0 aliphatic heterocycles. The Labute approximate surface area is 146 Å². The normalized spacial score (nSPS) is 12.1. The second-order valence-electron chi connectivity index (χ2n) is 6.24. The fourth-order valence-corrected chi connectivity index (χ4v) is 3.97. The zero-order valence-corrected chi connectivity index (χ0v) is 15.4. The molecule has 0 N–H and O–H groups in total. The van der Waals surface area contributed by atoms with Crippen LogP contribution in [-0.4, -0.2) is 10.5 Å². The highest BCUT2D eigenvalue weighted by Gasteiger charge is 2.11. The lowest BCUT2D eigenvalue weighted by Gasteiger charge is -2.04. The lowest BCUT2D eigenvalue weighted by Crippen LogP contribution is -2.17. The molecule has 0 aliphatic carbocycles. The van der Waals surface area contributed by atoms with Crippen LogP contribution < -0.4 is 4.80 Å². The fraction of sp³-hybridized carbons (Fsp3) is 0.300. The molecule has 3 rings (SSSR count). The molecule has 0 spiro atoms. The van der Waals surface area contributed by atoms with Crippen molar-refractivity contribution in [2.24, 2.45) is 4.99 Å². The van der Waals surface area contributed by atoms with Crippen LogP contribution in [0.2, 0.25) is 0 Å². The maximum Gasteiger partial charge on any atom is 0.279 e. The number of rotatable bonds is 3. The summed E-state index contributed by atoms with van der Waals surface area (Å²) in [5.41, 5.74) is 5.10. The van der Waals surface area contributed by atoms with Crippen LogP contribution in [-0.2, 0) is 6.54 Å². The first-order valence-corrected chi connectivity index (χ1v) is 9.07. The summed E-state index contributed by atoms with van der Waals surface area (Å²) in [7, 11) is 0. The van der Waals surface area contributed by atoms with Gasteiger partial charge in [-0.1, -0.05) is 42.0 Å². The zero-order chi connectivity index (χ0) is 17.3. The first-order chi connectivity index (χ1) is 11.5. The van der Waals surface area contributed by atoms with Crippen molar-refractivity contribution in [2.75, 3.05) is 0 Å². The largest absolute Gasteiger partial charge is 0.316 e. The molecule has 0 fully saturated rings. The number of fused-ring (bicyclic) bond motifs is 1. The Bertz CT molecular complexity index is 979. The maximum atomic E-state index is 12.7. The molecule has 2 aromatic carbocycles. The van der Waals surface area contributed by atoms with E-state index in [1.807, 2.05) is 32.0 Å². The van der Waals surface area contributed by atoms with Gasteiger partial charge in [0.2, 0.25) is 0 Å². The van der Waals surface area contributed by atoms with E-state index < -0.39 is 0 Å². The molecule has 1 aromatic heterocycles. The van der Waals surface area contributed by atoms with Crippen LogP contribution in [0.3, 0.4) is 0 Å². The average molecular weight is 338 g/mol. The standard InChI is InChI=1S/C20H22N2OS/c1-5-10-22-17-9-7-14(3)12-18(17)24-20(22)21-19(23)16-11-13(2)6-8-15(16)4/h6-9,11-12H,5,10H2,1-4H3. The summed E-state index contributed by atoms with van der Waals surface area (Å²) in [6, 6.07) is 12.3. The van der Waals surface area contributed by atoms with Crippen LogP contribution in [0, 0.1) is 20.8 Å². The number of carbonyl (C=O) groups excluding carboxylic acids is 1. The summed E-state index contributed by atoms with van der Waals surface area (Å²) in [5.74, 6) is -0.163. The number of hydrogen-bond acceptors (Lipinski definition) is 2. The number of aryl methyl sites for hydroxylation is 4. The van der Waals surface area contributed by atoms with Gasteiger partial charge in [0.15, 0.2) is 4.80 Å². The van der Waals surface area contributed by atoms with Crippen LogP contribution >= 0.6 is 11.3 Å². The molecule has 0 bridgehead atoms. The summed E-state index contributed by atoms with van der Waals surface area (Å²) in [6.07, 6.45) is 1.00. The van der Waals surface area contributed by atoms with Crippen LogP contribution in [0.5, 0.6) is 0 Å². The molecule has 0 unspecified atom stereocenters.